The molecule has 1 aliphatic rings. The number of carbonyl (C=O) groups excluding carboxylic acids is 1. The number of carboxylic acid groups (broad SMARTS) is 1. The van der Waals surface area contributed by atoms with Crippen LogP contribution in [-0.2, 0) is 9.53 Å². The van der Waals surface area contributed by atoms with E-state index in [9.17, 15) is 9.59 Å². The van der Waals surface area contributed by atoms with Crippen molar-refractivity contribution in [2.75, 3.05) is 27.2 Å². The van der Waals surface area contributed by atoms with E-state index in [1.54, 1.807) is 7.05 Å². The van der Waals surface area contributed by atoms with E-state index in [1.807, 2.05) is 0 Å². The number of aliphatic carboxylic acids is 1. The minimum absolute atomic E-state index is 0.0810. The van der Waals surface area contributed by atoms with Gasteiger partial charge in [-0.3, -0.25) is 0 Å². The highest BCUT2D eigenvalue weighted by Crippen LogP contribution is 2.13. The van der Waals surface area contributed by atoms with Gasteiger partial charge in [-0.25, -0.2) is 9.59 Å². The Hall–Kier alpha value is -1.30. The first-order chi connectivity index (χ1) is 7.93. The molecule has 2 unspecified atom stereocenters. The number of carbonyl (C=O) groups is 2. The summed E-state index contributed by atoms with van der Waals surface area (Å²) in [5, 5.41) is 8.83. The van der Waals surface area contributed by atoms with Crippen molar-refractivity contribution in [2.24, 2.45) is 0 Å². The Labute approximate surface area is 101 Å². The zero-order valence-corrected chi connectivity index (χ0v) is 10.5. The van der Waals surface area contributed by atoms with Crippen molar-refractivity contribution >= 4 is 12.0 Å². The molecule has 0 aliphatic carbocycles. The third kappa shape index (κ3) is 3.59. The number of nitrogens with zero attached hydrogens (tertiary/aromatic N) is 2. The molecule has 6 nitrogen and oxygen atoms in total. The van der Waals surface area contributed by atoms with Crippen LogP contribution in [0.25, 0.3) is 0 Å². The van der Waals surface area contributed by atoms with Crippen LogP contribution in [0.1, 0.15) is 19.8 Å². The van der Waals surface area contributed by atoms with Crippen LogP contribution in [-0.4, -0.2) is 66.3 Å². The normalized spacial score (nSPS) is 21.0. The Morgan fingerprint density at radius 1 is 1.47 bits per heavy atom. The van der Waals surface area contributed by atoms with Crippen LogP contribution < -0.4 is 0 Å². The van der Waals surface area contributed by atoms with Gasteiger partial charge in [-0.15, -0.1) is 0 Å². The Morgan fingerprint density at radius 2 is 2.12 bits per heavy atom. The van der Waals surface area contributed by atoms with E-state index in [-0.39, 0.29) is 12.1 Å². The van der Waals surface area contributed by atoms with Gasteiger partial charge in [0, 0.05) is 27.2 Å². The molecule has 1 rings (SSSR count). The van der Waals surface area contributed by atoms with E-state index in [0.29, 0.717) is 6.54 Å². The summed E-state index contributed by atoms with van der Waals surface area (Å²) in [6.07, 6.45) is 2.06. The summed E-state index contributed by atoms with van der Waals surface area (Å²) < 4.78 is 5.43. The molecule has 1 saturated heterocycles. The summed E-state index contributed by atoms with van der Waals surface area (Å²) in [7, 11) is 3.15. The fourth-order valence-corrected chi connectivity index (χ4v) is 1.77. The highest BCUT2D eigenvalue weighted by molar-refractivity contribution is 5.82. The summed E-state index contributed by atoms with van der Waals surface area (Å²) >= 11 is 0. The molecule has 1 fully saturated rings. The Kier molecular flexibility index (Phi) is 4.74. The minimum atomic E-state index is -1.01. The summed E-state index contributed by atoms with van der Waals surface area (Å²) in [6.45, 7) is 2.74. The highest BCUT2D eigenvalue weighted by atomic mass is 16.5. The standard InChI is InChI=1S/C11H20N2O4/c1-8(10(14)15)13(3)11(16)12(2)7-9-5-4-6-17-9/h8-9H,4-7H2,1-3H3,(H,14,15). The van der Waals surface area contributed by atoms with E-state index < -0.39 is 12.0 Å². The van der Waals surface area contributed by atoms with Gasteiger partial charge in [0.25, 0.3) is 0 Å². The first kappa shape index (κ1) is 13.8. The third-order valence-electron chi connectivity index (χ3n) is 3.07. The van der Waals surface area contributed by atoms with Crippen LogP contribution in [0.4, 0.5) is 4.79 Å². The van der Waals surface area contributed by atoms with Crippen LogP contribution >= 0.6 is 0 Å². The van der Waals surface area contributed by atoms with E-state index in [0.717, 1.165) is 19.4 Å². The summed E-state index contributed by atoms with van der Waals surface area (Å²) in [4.78, 5) is 25.4. The van der Waals surface area contributed by atoms with Crippen LogP contribution in [0.5, 0.6) is 0 Å². The molecule has 6 heteroatoms. The number of ether oxygens (including phenoxy) is 1. The second-order valence-corrected chi connectivity index (χ2v) is 4.42. The maximum atomic E-state index is 11.9. The topological polar surface area (TPSA) is 70.1 Å². The minimum Gasteiger partial charge on any atom is -0.480 e. The molecule has 0 aromatic rings. The molecule has 1 aliphatic heterocycles. The second-order valence-electron chi connectivity index (χ2n) is 4.42. The molecule has 0 bridgehead atoms. The summed E-state index contributed by atoms with van der Waals surface area (Å²) in [5.41, 5.74) is 0. The summed E-state index contributed by atoms with van der Waals surface area (Å²) in [5.74, 6) is -1.01. The van der Waals surface area contributed by atoms with Gasteiger partial charge in [0.1, 0.15) is 6.04 Å². The first-order valence-electron chi connectivity index (χ1n) is 5.75. The number of amides is 2. The molecular formula is C11H20N2O4. The predicted molar refractivity (Wildman–Crippen MR) is 61.9 cm³/mol. The van der Waals surface area contributed by atoms with E-state index >= 15 is 0 Å². The van der Waals surface area contributed by atoms with E-state index in [2.05, 4.69) is 0 Å². The molecule has 0 saturated carbocycles. The van der Waals surface area contributed by atoms with Crippen molar-refractivity contribution in [1.29, 1.82) is 0 Å². The lowest BCUT2D eigenvalue weighted by Gasteiger charge is -2.28. The fraction of sp³-hybridized carbons (Fsp3) is 0.818. The third-order valence-corrected chi connectivity index (χ3v) is 3.07. The molecule has 0 radical (unpaired) electrons. The number of likely N-dealkylation sites (N-methyl/N-ethyl adjacent to an activating group) is 2. The SMILES string of the molecule is CC(C(=O)O)N(C)C(=O)N(C)CC1CCCO1. The lowest BCUT2D eigenvalue weighted by molar-refractivity contribution is -0.141. The maximum Gasteiger partial charge on any atom is 0.326 e. The van der Waals surface area contributed by atoms with Crippen molar-refractivity contribution < 1.29 is 19.4 Å². The predicted octanol–water partition coefficient (Wildman–Crippen LogP) is 0.622. The molecule has 2 atom stereocenters. The van der Waals surface area contributed by atoms with Crippen LogP contribution in [0, 0.1) is 0 Å². The van der Waals surface area contributed by atoms with Crippen molar-refractivity contribution in [2.45, 2.75) is 31.9 Å². The van der Waals surface area contributed by atoms with Crippen molar-refractivity contribution in [3.05, 3.63) is 0 Å². The molecular weight excluding hydrogens is 224 g/mol. The maximum absolute atomic E-state index is 11.9. The highest BCUT2D eigenvalue weighted by Gasteiger charge is 2.26. The molecule has 17 heavy (non-hydrogen) atoms. The van der Waals surface area contributed by atoms with Crippen LogP contribution in [0.3, 0.4) is 0 Å². The first-order valence-corrected chi connectivity index (χ1v) is 5.75. The Balaban J connectivity index is 2.47. The number of hydrogen-bond acceptors (Lipinski definition) is 3. The quantitative estimate of drug-likeness (QED) is 0.787. The Bertz CT molecular complexity index is 289. The monoisotopic (exact) mass is 244 g/mol. The van der Waals surface area contributed by atoms with Gasteiger partial charge in [0.05, 0.1) is 6.10 Å². The number of rotatable bonds is 4. The average Bonchev–Trinajstić information content (AvgIpc) is 2.78. The largest absolute Gasteiger partial charge is 0.480 e. The molecule has 1 N–H and O–H groups in total. The van der Waals surface area contributed by atoms with E-state index in [1.165, 1.54) is 23.8 Å². The lowest BCUT2D eigenvalue weighted by atomic mass is 10.2. The van der Waals surface area contributed by atoms with Gasteiger partial charge < -0.3 is 19.6 Å². The molecule has 0 spiro atoms. The molecule has 98 valence electrons. The number of hydrogen-bond donors (Lipinski definition) is 1. The molecule has 1 heterocycles. The summed E-state index contributed by atoms with van der Waals surface area (Å²) in [6, 6.07) is -1.12. The van der Waals surface area contributed by atoms with Gasteiger partial charge in [0.2, 0.25) is 0 Å². The molecule has 0 aromatic carbocycles. The van der Waals surface area contributed by atoms with Crippen molar-refractivity contribution in [1.82, 2.24) is 9.80 Å². The number of carboxylic acids is 1. The van der Waals surface area contributed by atoms with Crippen LogP contribution in [0.15, 0.2) is 0 Å². The van der Waals surface area contributed by atoms with Gasteiger partial charge >= 0.3 is 12.0 Å². The van der Waals surface area contributed by atoms with Crippen molar-refractivity contribution in [3.8, 4) is 0 Å². The smallest absolute Gasteiger partial charge is 0.326 e. The zero-order chi connectivity index (χ0) is 13.0. The van der Waals surface area contributed by atoms with Gasteiger partial charge in [-0.2, -0.15) is 0 Å². The van der Waals surface area contributed by atoms with Crippen molar-refractivity contribution in [3.63, 3.8) is 0 Å². The second kappa shape index (κ2) is 5.86. The van der Waals surface area contributed by atoms with Crippen LogP contribution in [0.2, 0.25) is 0 Å². The average molecular weight is 244 g/mol. The lowest BCUT2D eigenvalue weighted by Crippen LogP contribution is -2.48. The fourth-order valence-electron chi connectivity index (χ4n) is 1.77. The van der Waals surface area contributed by atoms with Gasteiger partial charge in [0.15, 0.2) is 0 Å². The van der Waals surface area contributed by atoms with Gasteiger partial charge in [-0.05, 0) is 19.8 Å². The Morgan fingerprint density at radius 3 is 2.59 bits per heavy atom. The van der Waals surface area contributed by atoms with Gasteiger partial charge in [-0.1, -0.05) is 0 Å². The zero-order valence-electron chi connectivity index (χ0n) is 10.5. The van der Waals surface area contributed by atoms with E-state index in [4.69, 9.17) is 9.84 Å². The number of urea groups is 1. The molecule has 2 amide bonds. The molecule has 0 aromatic heterocycles.